The lowest BCUT2D eigenvalue weighted by Crippen LogP contribution is -2.22. The lowest BCUT2D eigenvalue weighted by Gasteiger charge is -2.06. The molecule has 2 N–H and O–H groups in total. The van der Waals surface area contributed by atoms with E-state index in [9.17, 15) is 15.0 Å². The van der Waals surface area contributed by atoms with Crippen LogP contribution in [0.1, 0.15) is 19.4 Å². The molecule has 0 fully saturated rings. The SMILES string of the molecule is CCn1c(=O)n(CC)c2cc(-c3cn(CC(O)CO)nc3-c3cccc(C)c3)ccc21. The molecule has 1 atom stereocenters. The van der Waals surface area contributed by atoms with Crippen LogP contribution in [0, 0.1) is 6.92 Å². The van der Waals surface area contributed by atoms with Gasteiger partial charge in [-0.3, -0.25) is 13.8 Å². The zero-order valence-electron chi connectivity index (χ0n) is 18.1. The van der Waals surface area contributed by atoms with Gasteiger partial charge < -0.3 is 10.2 Å². The van der Waals surface area contributed by atoms with Crippen LogP contribution in [0.5, 0.6) is 0 Å². The van der Waals surface area contributed by atoms with Gasteiger partial charge in [-0.05, 0) is 44.5 Å². The van der Waals surface area contributed by atoms with Gasteiger partial charge in [-0.2, -0.15) is 5.10 Å². The number of aryl methyl sites for hydroxylation is 3. The largest absolute Gasteiger partial charge is 0.394 e. The second-order valence-electron chi connectivity index (χ2n) is 7.79. The van der Waals surface area contributed by atoms with E-state index < -0.39 is 6.10 Å². The van der Waals surface area contributed by atoms with E-state index in [0.29, 0.717) is 13.1 Å². The molecular formula is C24H28N4O3. The summed E-state index contributed by atoms with van der Waals surface area (Å²) in [7, 11) is 0. The molecule has 0 saturated carbocycles. The van der Waals surface area contributed by atoms with E-state index in [2.05, 4.69) is 6.07 Å². The quantitative estimate of drug-likeness (QED) is 0.481. The molecule has 2 aromatic heterocycles. The summed E-state index contributed by atoms with van der Waals surface area (Å²) in [6.07, 6.45) is 1.01. The van der Waals surface area contributed by atoms with Crippen LogP contribution in [0.4, 0.5) is 0 Å². The summed E-state index contributed by atoms with van der Waals surface area (Å²) in [5.74, 6) is 0. The maximum absolute atomic E-state index is 12.7. The minimum atomic E-state index is -0.885. The zero-order chi connectivity index (χ0) is 22.1. The molecule has 162 valence electrons. The molecule has 0 saturated heterocycles. The second-order valence-corrected chi connectivity index (χ2v) is 7.79. The van der Waals surface area contributed by atoms with Crippen LogP contribution in [0.15, 0.2) is 53.5 Å². The van der Waals surface area contributed by atoms with Crippen molar-refractivity contribution in [3.63, 3.8) is 0 Å². The van der Waals surface area contributed by atoms with E-state index in [1.54, 1.807) is 13.8 Å². The Morgan fingerprint density at radius 3 is 2.42 bits per heavy atom. The van der Waals surface area contributed by atoms with Crippen LogP contribution in [0.3, 0.4) is 0 Å². The Morgan fingerprint density at radius 2 is 1.74 bits per heavy atom. The predicted octanol–water partition coefficient (Wildman–Crippen LogP) is 3.03. The molecule has 2 aromatic carbocycles. The monoisotopic (exact) mass is 420 g/mol. The van der Waals surface area contributed by atoms with Crippen LogP contribution < -0.4 is 5.69 Å². The standard InChI is InChI=1S/C24H28N4O3/c1-4-27-21-10-9-17(12-22(21)28(5-2)24(27)31)20-14-26(13-19(30)15-29)25-23(20)18-8-6-7-16(3)11-18/h6-12,14,19,29-30H,4-5,13,15H2,1-3H3. The van der Waals surface area contributed by atoms with Gasteiger partial charge in [0.2, 0.25) is 0 Å². The van der Waals surface area contributed by atoms with Crippen LogP contribution in [0.2, 0.25) is 0 Å². The van der Waals surface area contributed by atoms with Gasteiger partial charge in [-0.25, -0.2) is 4.79 Å². The molecule has 2 heterocycles. The normalized spacial score (nSPS) is 12.5. The molecule has 0 radical (unpaired) electrons. The van der Waals surface area contributed by atoms with Crippen molar-refractivity contribution in [3.05, 3.63) is 64.7 Å². The molecule has 0 aliphatic rings. The van der Waals surface area contributed by atoms with Crippen molar-refractivity contribution in [2.45, 2.75) is 46.5 Å². The number of imidazole rings is 1. The number of aromatic nitrogens is 4. The van der Waals surface area contributed by atoms with E-state index in [1.165, 1.54) is 0 Å². The van der Waals surface area contributed by atoms with Crippen molar-refractivity contribution >= 4 is 11.0 Å². The highest BCUT2D eigenvalue weighted by Gasteiger charge is 2.18. The number of hydrogen-bond donors (Lipinski definition) is 2. The van der Waals surface area contributed by atoms with Crippen molar-refractivity contribution in [1.82, 2.24) is 18.9 Å². The van der Waals surface area contributed by atoms with Gasteiger partial charge in [0.1, 0.15) is 5.69 Å². The highest BCUT2D eigenvalue weighted by Crippen LogP contribution is 2.33. The third-order valence-electron chi connectivity index (χ3n) is 5.62. The maximum atomic E-state index is 12.7. The molecule has 0 spiro atoms. The van der Waals surface area contributed by atoms with Gasteiger partial charge in [-0.15, -0.1) is 0 Å². The summed E-state index contributed by atoms with van der Waals surface area (Å²) in [6, 6.07) is 14.2. The Bertz CT molecular complexity index is 1280. The third kappa shape index (κ3) is 3.82. The van der Waals surface area contributed by atoms with E-state index in [0.717, 1.165) is 39.0 Å². The van der Waals surface area contributed by atoms with Gasteiger partial charge in [0, 0.05) is 30.4 Å². The summed E-state index contributed by atoms with van der Waals surface area (Å²) >= 11 is 0. The van der Waals surface area contributed by atoms with Crippen LogP contribution >= 0.6 is 0 Å². The lowest BCUT2D eigenvalue weighted by atomic mass is 10.0. The first-order valence-corrected chi connectivity index (χ1v) is 10.6. The van der Waals surface area contributed by atoms with E-state index in [1.807, 2.05) is 63.4 Å². The molecule has 0 aliphatic heterocycles. The van der Waals surface area contributed by atoms with E-state index >= 15 is 0 Å². The Morgan fingerprint density at radius 1 is 1.00 bits per heavy atom. The van der Waals surface area contributed by atoms with E-state index in [-0.39, 0.29) is 18.8 Å². The smallest absolute Gasteiger partial charge is 0.329 e. The average Bonchev–Trinajstić information content (AvgIpc) is 3.30. The fraction of sp³-hybridized carbons (Fsp3) is 0.333. The van der Waals surface area contributed by atoms with Gasteiger partial charge in [0.25, 0.3) is 0 Å². The van der Waals surface area contributed by atoms with Crippen molar-refractivity contribution in [3.8, 4) is 22.4 Å². The average molecular weight is 421 g/mol. The van der Waals surface area contributed by atoms with Crippen molar-refractivity contribution in [2.75, 3.05) is 6.61 Å². The zero-order valence-corrected chi connectivity index (χ0v) is 18.1. The number of aliphatic hydroxyl groups excluding tert-OH is 2. The van der Waals surface area contributed by atoms with E-state index in [4.69, 9.17) is 5.10 Å². The third-order valence-corrected chi connectivity index (χ3v) is 5.62. The number of fused-ring (bicyclic) bond motifs is 1. The van der Waals surface area contributed by atoms with Crippen molar-refractivity contribution in [2.24, 2.45) is 0 Å². The minimum Gasteiger partial charge on any atom is -0.394 e. The highest BCUT2D eigenvalue weighted by atomic mass is 16.3. The maximum Gasteiger partial charge on any atom is 0.329 e. The lowest BCUT2D eigenvalue weighted by molar-refractivity contribution is 0.0783. The van der Waals surface area contributed by atoms with Crippen molar-refractivity contribution in [1.29, 1.82) is 0 Å². The second kappa shape index (κ2) is 8.53. The van der Waals surface area contributed by atoms with Crippen LogP contribution in [-0.2, 0) is 19.6 Å². The van der Waals surface area contributed by atoms with Gasteiger partial charge in [0.05, 0.1) is 30.3 Å². The molecule has 4 aromatic rings. The number of hydrogen-bond acceptors (Lipinski definition) is 4. The first-order valence-electron chi connectivity index (χ1n) is 10.6. The summed E-state index contributed by atoms with van der Waals surface area (Å²) in [6.45, 7) is 7.07. The fourth-order valence-electron chi connectivity index (χ4n) is 4.10. The molecule has 0 bridgehead atoms. The molecule has 4 rings (SSSR count). The summed E-state index contributed by atoms with van der Waals surface area (Å²) in [5.41, 5.74) is 6.58. The fourth-order valence-corrected chi connectivity index (χ4v) is 4.10. The predicted molar refractivity (Wildman–Crippen MR) is 122 cm³/mol. The molecule has 7 heteroatoms. The number of benzene rings is 2. The highest BCUT2D eigenvalue weighted by molar-refractivity contribution is 5.87. The number of aliphatic hydroxyl groups is 2. The summed E-state index contributed by atoms with van der Waals surface area (Å²) < 4.78 is 5.24. The molecule has 0 aliphatic carbocycles. The molecule has 0 amide bonds. The van der Waals surface area contributed by atoms with Crippen LogP contribution in [0.25, 0.3) is 33.4 Å². The topological polar surface area (TPSA) is 85.2 Å². The number of rotatable bonds is 7. The van der Waals surface area contributed by atoms with Gasteiger partial charge >= 0.3 is 5.69 Å². The Kier molecular flexibility index (Phi) is 5.80. The Labute approximate surface area is 180 Å². The first kappa shape index (κ1) is 21.1. The summed E-state index contributed by atoms with van der Waals surface area (Å²) in [4.78, 5) is 12.7. The Balaban J connectivity index is 1.92. The van der Waals surface area contributed by atoms with Crippen LogP contribution in [-0.4, -0.2) is 41.8 Å². The van der Waals surface area contributed by atoms with Crippen molar-refractivity contribution < 1.29 is 10.2 Å². The molecule has 7 nitrogen and oxygen atoms in total. The Hall–Kier alpha value is -3.16. The van der Waals surface area contributed by atoms with Gasteiger partial charge in [0.15, 0.2) is 0 Å². The number of nitrogens with zero attached hydrogens (tertiary/aromatic N) is 4. The summed E-state index contributed by atoms with van der Waals surface area (Å²) in [5, 5.41) is 23.9. The molecule has 31 heavy (non-hydrogen) atoms. The molecule has 1 unspecified atom stereocenters. The van der Waals surface area contributed by atoms with Gasteiger partial charge in [-0.1, -0.05) is 29.8 Å². The first-order chi connectivity index (χ1) is 15.0. The molecular weight excluding hydrogens is 392 g/mol. The minimum absolute atomic E-state index is 0.00202.